The average molecular weight is 612 g/mol. The first-order valence-corrected chi connectivity index (χ1v) is 13.6. The van der Waals surface area contributed by atoms with Gasteiger partial charge < -0.3 is 59.3 Å². The van der Waals surface area contributed by atoms with Crippen LogP contribution in [0.2, 0.25) is 0 Å². The smallest absolute Gasteiger partial charge is 0.326 e. The largest absolute Gasteiger partial charge is 0.481 e. The Kier molecular flexibility index (Phi) is 26.0. The maximum Gasteiger partial charge on any atom is 0.326 e. The van der Waals surface area contributed by atoms with Crippen LogP contribution >= 0.6 is 0 Å². The molecule has 244 valence electrons. The third kappa shape index (κ3) is 25.8. The molecule has 3 amide bonds. The molecular weight excluding hydrogens is 566 g/mol. The van der Waals surface area contributed by atoms with Crippen molar-refractivity contribution in [1.82, 2.24) is 16.0 Å². The van der Waals surface area contributed by atoms with E-state index in [1.54, 1.807) is 0 Å². The van der Waals surface area contributed by atoms with Gasteiger partial charge in [0.05, 0.1) is 79.1 Å². The number of aliphatic carboxylic acids is 2. The molecule has 0 aliphatic heterocycles. The number of hydrogen-bond donors (Lipinski definition) is 5. The van der Waals surface area contributed by atoms with Gasteiger partial charge >= 0.3 is 18.0 Å². The first-order chi connectivity index (χ1) is 20.3. The van der Waals surface area contributed by atoms with E-state index in [1.165, 1.54) is 0 Å². The Labute approximate surface area is 244 Å². The highest BCUT2D eigenvalue weighted by Gasteiger charge is 2.23. The minimum atomic E-state index is -1.41. The highest BCUT2D eigenvalue weighted by molar-refractivity contribution is 5.83. The molecule has 0 saturated carbocycles. The summed E-state index contributed by atoms with van der Waals surface area (Å²) in [7, 11) is 0. The number of ether oxygens (including phenoxy) is 7. The first kappa shape index (κ1) is 38.9. The molecule has 0 aliphatic carbocycles. The van der Waals surface area contributed by atoms with Gasteiger partial charge in [0.25, 0.3) is 6.47 Å². The summed E-state index contributed by atoms with van der Waals surface area (Å²) in [6.07, 6.45) is -2.27. The van der Waals surface area contributed by atoms with Crippen LogP contribution in [0.1, 0.15) is 32.6 Å². The molecule has 0 rings (SSSR count). The lowest BCUT2D eigenvalue weighted by molar-refractivity contribution is -0.141. The quantitative estimate of drug-likeness (QED) is 0.0378. The van der Waals surface area contributed by atoms with Gasteiger partial charge in [-0.25, -0.2) is 9.59 Å². The molecule has 2 atom stereocenters. The molecule has 5 N–H and O–H groups in total. The maximum absolute atomic E-state index is 12.0. The van der Waals surface area contributed by atoms with Gasteiger partial charge in [0.1, 0.15) is 6.04 Å². The molecule has 0 fully saturated rings. The molecule has 0 spiro atoms. The molecule has 0 aromatic carbocycles. The molecule has 0 bridgehead atoms. The van der Waals surface area contributed by atoms with Crippen LogP contribution in [0.4, 0.5) is 4.79 Å². The zero-order chi connectivity index (χ0) is 31.3. The molecule has 0 radical (unpaired) electrons. The molecule has 0 heterocycles. The summed E-state index contributed by atoms with van der Waals surface area (Å²) < 4.78 is 36.5. The van der Waals surface area contributed by atoms with E-state index >= 15 is 0 Å². The number of carboxylic acid groups (broad SMARTS) is 2. The van der Waals surface area contributed by atoms with E-state index < -0.39 is 42.6 Å². The standard InChI is InChI=1S/C25H45N3O14/c1-2-36-9-10-38-13-14-40-17-18-41-16-15-39-12-11-37-8-7-26-21(30)4-3-20(24(33)34)27-25(35)28-22(42-19-29)5-6-23(31)32/h19-20,22H,2-18H2,1H3,(H,26,30)(H,31,32)(H,33,34)(H2,27,28,35)/t20-,22+/m0/s1. The maximum atomic E-state index is 12.0. The predicted molar refractivity (Wildman–Crippen MR) is 144 cm³/mol. The summed E-state index contributed by atoms with van der Waals surface area (Å²) in [5, 5.41) is 24.9. The van der Waals surface area contributed by atoms with Crippen LogP contribution in [0.25, 0.3) is 0 Å². The van der Waals surface area contributed by atoms with E-state index in [0.29, 0.717) is 72.7 Å². The number of hydrogen-bond acceptors (Lipinski definition) is 12. The minimum absolute atomic E-state index is 0.0306. The lowest BCUT2D eigenvalue weighted by atomic mass is 10.1. The van der Waals surface area contributed by atoms with Gasteiger partial charge in [0.15, 0.2) is 6.23 Å². The van der Waals surface area contributed by atoms with Crippen molar-refractivity contribution in [2.24, 2.45) is 0 Å². The monoisotopic (exact) mass is 611 g/mol. The zero-order valence-corrected chi connectivity index (χ0v) is 24.0. The van der Waals surface area contributed by atoms with Crippen LogP contribution in [0.15, 0.2) is 0 Å². The van der Waals surface area contributed by atoms with Crippen LogP contribution < -0.4 is 16.0 Å². The van der Waals surface area contributed by atoms with Gasteiger partial charge in [-0.1, -0.05) is 0 Å². The predicted octanol–water partition coefficient (Wildman–Crippen LogP) is -0.881. The second-order valence-corrected chi connectivity index (χ2v) is 8.31. The Morgan fingerprint density at radius 3 is 1.64 bits per heavy atom. The number of nitrogens with one attached hydrogen (secondary N) is 3. The van der Waals surface area contributed by atoms with Gasteiger partial charge in [-0.3, -0.25) is 14.4 Å². The van der Waals surface area contributed by atoms with Gasteiger partial charge in [-0.2, -0.15) is 0 Å². The van der Waals surface area contributed by atoms with Gasteiger partial charge in [-0.05, 0) is 13.3 Å². The Morgan fingerprint density at radius 1 is 0.690 bits per heavy atom. The van der Waals surface area contributed by atoms with E-state index in [2.05, 4.69) is 20.7 Å². The molecule has 0 aromatic heterocycles. The van der Waals surface area contributed by atoms with Crippen molar-refractivity contribution in [3.8, 4) is 0 Å². The Morgan fingerprint density at radius 2 is 1.19 bits per heavy atom. The van der Waals surface area contributed by atoms with E-state index in [4.69, 9.17) is 33.5 Å². The SMILES string of the molecule is CCOCCOCCOCCOCCOCCOCCNC(=O)CC[C@H](NC(=O)N[C@@H](CCC(=O)O)OC=O)C(=O)O. The average Bonchev–Trinajstić information content (AvgIpc) is 2.95. The summed E-state index contributed by atoms with van der Waals surface area (Å²) in [4.78, 5) is 56.6. The Bertz CT molecular complexity index is 743. The van der Waals surface area contributed by atoms with Crippen LogP contribution in [-0.2, 0) is 52.3 Å². The van der Waals surface area contributed by atoms with Gasteiger partial charge in [0, 0.05) is 26.0 Å². The van der Waals surface area contributed by atoms with E-state index in [9.17, 15) is 29.1 Å². The number of rotatable bonds is 30. The van der Waals surface area contributed by atoms with Crippen molar-refractivity contribution in [1.29, 1.82) is 0 Å². The summed E-state index contributed by atoms with van der Waals surface area (Å²) in [5.41, 5.74) is 0. The Hall–Kier alpha value is -3.09. The van der Waals surface area contributed by atoms with Crippen molar-refractivity contribution in [3.05, 3.63) is 0 Å². The number of amides is 3. The number of carbonyl (C=O) groups excluding carboxylic acids is 3. The minimum Gasteiger partial charge on any atom is -0.481 e. The van der Waals surface area contributed by atoms with E-state index in [0.717, 1.165) is 0 Å². The van der Waals surface area contributed by atoms with E-state index in [-0.39, 0.29) is 38.9 Å². The van der Waals surface area contributed by atoms with Crippen LogP contribution in [0, 0.1) is 0 Å². The topological polar surface area (TPSA) is 227 Å². The van der Waals surface area contributed by atoms with Gasteiger partial charge in [-0.15, -0.1) is 0 Å². The van der Waals surface area contributed by atoms with Crippen LogP contribution in [0.5, 0.6) is 0 Å². The lowest BCUT2D eigenvalue weighted by Crippen LogP contribution is -2.50. The van der Waals surface area contributed by atoms with Crippen molar-refractivity contribution in [2.45, 2.75) is 44.9 Å². The second kappa shape index (κ2) is 28.0. The van der Waals surface area contributed by atoms with Crippen molar-refractivity contribution >= 4 is 30.3 Å². The molecule has 0 unspecified atom stereocenters. The summed E-state index contributed by atoms with van der Waals surface area (Å²) in [5.74, 6) is -2.99. The van der Waals surface area contributed by atoms with Crippen molar-refractivity contribution in [3.63, 3.8) is 0 Å². The van der Waals surface area contributed by atoms with Crippen molar-refractivity contribution < 1.29 is 67.3 Å². The number of urea groups is 1. The molecule has 0 aliphatic rings. The number of carboxylic acids is 2. The molecule has 0 aromatic rings. The molecule has 42 heavy (non-hydrogen) atoms. The molecular formula is C25H45N3O14. The molecule has 17 heteroatoms. The van der Waals surface area contributed by atoms with Crippen LogP contribution in [-0.4, -0.2) is 139 Å². The van der Waals surface area contributed by atoms with Gasteiger partial charge in [0.2, 0.25) is 5.91 Å². The third-order valence-corrected chi connectivity index (χ3v) is 5.03. The summed E-state index contributed by atoms with van der Waals surface area (Å²) in [6, 6.07) is -2.41. The molecule has 17 nitrogen and oxygen atoms in total. The fraction of sp³-hybridized carbons (Fsp3) is 0.800. The fourth-order valence-corrected chi connectivity index (χ4v) is 2.97. The highest BCUT2D eigenvalue weighted by Crippen LogP contribution is 2.01. The highest BCUT2D eigenvalue weighted by atomic mass is 16.6. The third-order valence-electron chi connectivity index (χ3n) is 5.03. The van der Waals surface area contributed by atoms with Crippen molar-refractivity contribution in [2.75, 3.05) is 85.8 Å². The normalized spacial score (nSPS) is 12.2. The second-order valence-electron chi connectivity index (χ2n) is 8.31. The zero-order valence-electron chi connectivity index (χ0n) is 24.0. The van der Waals surface area contributed by atoms with E-state index in [1.807, 2.05) is 6.92 Å². The lowest BCUT2D eigenvalue weighted by Gasteiger charge is -2.19. The summed E-state index contributed by atoms with van der Waals surface area (Å²) in [6.45, 7) is 7.52. The Balaban J connectivity index is 3.76. The van der Waals surface area contributed by atoms with Crippen LogP contribution in [0.3, 0.4) is 0 Å². The fourth-order valence-electron chi connectivity index (χ4n) is 2.97. The number of carbonyl (C=O) groups is 5. The summed E-state index contributed by atoms with van der Waals surface area (Å²) >= 11 is 0. The molecule has 0 saturated heterocycles. The first-order valence-electron chi connectivity index (χ1n) is 13.6.